The van der Waals surface area contributed by atoms with Crippen LogP contribution in [0.3, 0.4) is 0 Å². The summed E-state index contributed by atoms with van der Waals surface area (Å²) in [6.07, 6.45) is 10.5. The summed E-state index contributed by atoms with van der Waals surface area (Å²) < 4.78 is 0. The Labute approximate surface area is 57.8 Å². The van der Waals surface area contributed by atoms with Gasteiger partial charge in [-0.05, 0) is 0 Å². The first-order valence-electron chi connectivity index (χ1n) is 2.47. The summed E-state index contributed by atoms with van der Waals surface area (Å²) in [5.41, 5.74) is 0. The predicted octanol–water partition coefficient (Wildman–Crippen LogP) is 1.93. The standard InChI is InChI=1S/C6H9.Rh/c1-2-4-6-5-3-1;/h1-2,5H,3-4,6H2;/q-1;. The van der Waals surface area contributed by atoms with Gasteiger partial charge in [0.25, 0.3) is 0 Å². The van der Waals surface area contributed by atoms with Crippen LogP contribution in [-0.4, -0.2) is 0 Å². The molecule has 0 spiro atoms. The Morgan fingerprint density at radius 3 is 2.29 bits per heavy atom. The maximum absolute atomic E-state index is 2.31. The Hall–Kier alpha value is 0.363. The molecule has 1 heteroatoms. The minimum Gasteiger partial charge on any atom is -0.325 e. The van der Waals surface area contributed by atoms with E-state index in [0.29, 0.717) is 0 Å². The van der Waals surface area contributed by atoms with E-state index < -0.39 is 0 Å². The predicted molar refractivity (Wildman–Crippen MR) is 27.3 cm³/mol. The molecule has 0 aliphatic heterocycles. The Morgan fingerprint density at radius 2 is 2.14 bits per heavy atom. The molecule has 0 aromatic rings. The van der Waals surface area contributed by atoms with Crippen LogP contribution < -0.4 is 0 Å². The molecule has 0 aromatic carbocycles. The average Bonchev–Trinajstić information content (AvgIpc) is 1.72. The van der Waals surface area contributed by atoms with E-state index in [9.17, 15) is 0 Å². The molecule has 43 valence electrons. The first kappa shape index (κ1) is 7.36. The van der Waals surface area contributed by atoms with Crippen LogP contribution in [0, 0.1) is 6.42 Å². The second kappa shape index (κ2) is 4.52. The number of hydrogen-bond donors (Lipinski definition) is 0. The molecule has 0 nitrogen and oxygen atoms in total. The van der Waals surface area contributed by atoms with Crippen molar-refractivity contribution in [3.8, 4) is 0 Å². The van der Waals surface area contributed by atoms with E-state index in [1.807, 2.05) is 0 Å². The molecule has 0 atom stereocenters. The van der Waals surface area contributed by atoms with Gasteiger partial charge in [-0.3, -0.25) is 0 Å². The van der Waals surface area contributed by atoms with E-state index in [2.05, 4.69) is 18.6 Å². The van der Waals surface area contributed by atoms with Crippen molar-refractivity contribution in [2.24, 2.45) is 0 Å². The molecule has 0 unspecified atom stereocenters. The summed E-state index contributed by atoms with van der Waals surface area (Å²) in [7, 11) is 0. The van der Waals surface area contributed by atoms with Crippen LogP contribution in [0.1, 0.15) is 19.3 Å². The van der Waals surface area contributed by atoms with E-state index >= 15 is 0 Å². The van der Waals surface area contributed by atoms with Gasteiger partial charge in [0, 0.05) is 19.5 Å². The van der Waals surface area contributed by atoms with Gasteiger partial charge < -0.3 is 6.42 Å². The molecule has 0 amide bonds. The summed E-state index contributed by atoms with van der Waals surface area (Å²) in [4.78, 5) is 0. The van der Waals surface area contributed by atoms with Crippen molar-refractivity contribution in [2.45, 2.75) is 19.3 Å². The first-order valence-corrected chi connectivity index (χ1v) is 2.47. The Balaban J connectivity index is 0.000000360. The van der Waals surface area contributed by atoms with Gasteiger partial charge in [-0.15, -0.1) is 6.08 Å². The summed E-state index contributed by atoms with van der Waals surface area (Å²) in [6, 6.07) is 0. The molecular weight excluding hydrogens is 175 g/mol. The van der Waals surface area contributed by atoms with E-state index in [0.717, 1.165) is 0 Å². The second-order valence-electron chi connectivity index (χ2n) is 1.57. The van der Waals surface area contributed by atoms with E-state index in [1.165, 1.54) is 19.3 Å². The van der Waals surface area contributed by atoms with Crippen LogP contribution in [-0.2, 0) is 19.5 Å². The van der Waals surface area contributed by atoms with Gasteiger partial charge in [0.05, 0.1) is 0 Å². The zero-order chi connectivity index (χ0) is 4.24. The Kier molecular flexibility index (Phi) is 4.76. The number of allylic oxidation sites excluding steroid dienone is 2. The van der Waals surface area contributed by atoms with Gasteiger partial charge in [0.2, 0.25) is 0 Å². The van der Waals surface area contributed by atoms with Crippen LogP contribution in [0.25, 0.3) is 0 Å². The van der Waals surface area contributed by atoms with Crippen molar-refractivity contribution >= 4 is 0 Å². The summed E-state index contributed by atoms with van der Waals surface area (Å²) in [5.74, 6) is 0. The van der Waals surface area contributed by atoms with Gasteiger partial charge in [-0.1, -0.05) is 12.5 Å². The molecule has 1 rings (SSSR count). The number of rotatable bonds is 0. The van der Waals surface area contributed by atoms with Crippen molar-refractivity contribution in [1.29, 1.82) is 0 Å². The maximum Gasteiger partial charge on any atom is 0 e. The van der Waals surface area contributed by atoms with Crippen LogP contribution in [0.4, 0.5) is 0 Å². The van der Waals surface area contributed by atoms with Gasteiger partial charge in [0.1, 0.15) is 0 Å². The second-order valence-corrected chi connectivity index (χ2v) is 1.57. The van der Waals surface area contributed by atoms with Crippen molar-refractivity contribution in [1.82, 2.24) is 0 Å². The van der Waals surface area contributed by atoms with Gasteiger partial charge >= 0.3 is 0 Å². The third-order valence-corrected chi connectivity index (χ3v) is 1.01. The van der Waals surface area contributed by atoms with Crippen molar-refractivity contribution in [3.05, 3.63) is 18.6 Å². The average molecular weight is 184 g/mol. The fraction of sp³-hybridized carbons (Fsp3) is 0.500. The molecule has 0 heterocycles. The zero-order valence-corrected chi connectivity index (χ0v) is 5.83. The van der Waals surface area contributed by atoms with Crippen LogP contribution >= 0.6 is 0 Å². The smallest absolute Gasteiger partial charge is 0 e. The van der Waals surface area contributed by atoms with Crippen molar-refractivity contribution in [3.63, 3.8) is 0 Å². The van der Waals surface area contributed by atoms with Crippen LogP contribution in [0.15, 0.2) is 12.2 Å². The van der Waals surface area contributed by atoms with E-state index in [4.69, 9.17) is 0 Å². The molecule has 0 N–H and O–H groups in total. The Morgan fingerprint density at radius 1 is 1.29 bits per heavy atom. The number of hydrogen-bond acceptors (Lipinski definition) is 0. The zero-order valence-electron chi connectivity index (χ0n) is 4.19. The molecule has 1 aliphatic rings. The SMILES string of the molecule is C1=CCC[CH-]C1.[Rh]. The molecule has 0 aromatic heterocycles. The summed E-state index contributed by atoms with van der Waals surface area (Å²) >= 11 is 0. The van der Waals surface area contributed by atoms with Crippen molar-refractivity contribution < 1.29 is 19.5 Å². The van der Waals surface area contributed by atoms with Gasteiger partial charge in [-0.2, -0.15) is 12.8 Å². The molecule has 1 aliphatic carbocycles. The fourth-order valence-corrected chi connectivity index (χ4v) is 0.642. The quantitative estimate of drug-likeness (QED) is 0.306. The molecule has 0 bridgehead atoms. The van der Waals surface area contributed by atoms with Gasteiger partial charge in [0.15, 0.2) is 0 Å². The van der Waals surface area contributed by atoms with Crippen LogP contribution in [0.2, 0.25) is 0 Å². The molecule has 7 heavy (non-hydrogen) atoms. The van der Waals surface area contributed by atoms with E-state index in [1.54, 1.807) is 0 Å². The van der Waals surface area contributed by atoms with Crippen molar-refractivity contribution in [2.75, 3.05) is 0 Å². The Bertz CT molecular complexity index is 49.2. The molecule has 0 saturated carbocycles. The largest absolute Gasteiger partial charge is 0.325 e. The normalized spacial score (nSPS) is 18.3. The third-order valence-electron chi connectivity index (χ3n) is 1.01. The van der Waals surface area contributed by atoms with E-state index in [-0.39, 0.29) is 19.5 Å². The minimum absolute atomic E-state index is 0. The molecular formula is C6H9Rh-. The topological polar surface area (TPSA) is 0 Å². The molecule has 1 radical (unpaired) electrons. The fourth-order valence-electron chi connectivity index (χ4n) is 0.642. The molecule has 0 fully saturated rings. The summed E-state index contributed by atoms with van der Waals surface area (Å²) in [5, 5.41) is 0. The maximum atomic E-state index is 2.31. The summed E-state index contributed by atoms with van der Waals surface area (Å²) in [6.45, 7) is 0. The van der Waals surface area contributed by atoms with Gasteiger partial charge in [-0.25, -0.2) is 0 Å². The third kappa shape index (κ3) is 2.99. The first-order chi connectivity index (χ1) is 3.00. The van der Waals surface area contributed by atoms with Crippen LogP contribution in [0.5, 0.6) is 0 Å². The minimum atomic E-state index is 0. The monoisotopic (exact) mass is 184 g/mol. The molecule has 0 saturated heterocycles.